The van der Waals surface area contributed by atoms with E-state index in [2.05, 4.69) is 5.32 Å². The molecule has 1 rings (SSSR count). The van der Waals surface area contributed by atoms with Crippen LogP contribution in [0, 0.1) is 5.92 Å². The van der Waals surface area contributed by atoms with Gasteiger partial charge in [0.2, 0.25) is 5.91 Å². The van der Waals surface area contributed by atoms with Crippen LogP contribution in [-0.2, 0) is 14.3 Å². The van der Waals surface area contributed by atoms with Crippen LogP contribution in [0.25, 0.3) is 0 Å². The van der Waals surface area contributed by atoms with Crippen molar-refractivity contribution in [3.63, 3.8) is 0 Å². The van der Waals surface area contributed by atoms with Crippen molar-refractivity contribution in [1.29, 1.82) is 0 Å². The smallest absolute Gasteiger partial charge is 0.306 e. The maximum atomic E-state index is 10.9. The van der Waals surface area contributed by atoms with Crippen LogP contribution in [0.5, 0.6) is 0 Å². The Morgan fingerprint density at radius 2 is 1.94 bits per heavy atom. The molecule has 0 aromatic heterocycles. The summed E-state index contributed by atoms with van der Waals surface area (Å²) in [5, 5.41) is 11.4. The van der Waals surface area contributed by atoms with Crippen molar-refractivity contribution in [3.05, 3.63) is 0 Å². The van der Waals surface area contributed by atoms with E-state index in [1.807, 2.05) is 0 Å². The van der Waals surface area contributed by atoms with Gasteiger partial charge in [-0.1, -0.05) is 0 Å². The van der Waals surface area contributed by atoms with Gasteiger partial charge in [0.05, 0.1) is 12.0 Å². The molecule has 0 aromatic rings. The van der Waals surface area contributed by atoms with Gasteiger partial charge in [-0.15, -0.1) is 0 Å². The van der Waals surface area contributed by atoms with E-state index in [-0.39, 0.29) is 17.9 Å². The Morgan fingerprint density at radius 3 is 2.47 bits per heavy atom. The number of hydrogen-bond acceptors (Lipinski definition) is 3. The summed E-state index contributed by atoms with van der Waals surface area (Å²) in [7, 11) is 1.62. The van der Waals surface area contributed by atoms with Crippen LogP contribution in [0.15, 0.2) is 0 Å². The average molecular weight is 243 g/mol. The zero-order valence-electron chi connectivity index (χ0n) is 10.3. The van der Waals surface area contributed by atoms with Crippen LogP contribution < -0.4 is 5.32 Å². The van der Waals surface area contributed by atoms with E-state index in [9.17, 15) is 9.59 Å². The second-order valence-electron chi connectivity index (χ2n) is 4.46. The first-order valence-electron chi connectivity index (χ1n) is 6.18. The predicted octanol–water partition coefficient (Wildman–Crippen LogP) is 1.17. The highest BCUT2D eigenvalue weighted by Gasteiger charge is 2.26. The molecule has 5 nitrogen and oxygen atoms in total. The molecule has 1 aliphatic rings. The summed E-state index contributed by atoms with van der Waals surface area (Å²) in [5.41, 5.74) is 0. The Morgan fingerprint density at radius 1 is 1.29 bits per heavy atom. The molecule has 0 heterocycles. The van der Waals surface area contributed by atoms with E-state index in [1.54, 1.807) is 7.05 Å². The standard InChI is InChI=1S/C12H21NO4/c1-13-11(14)3-2-8-17-10-6-4-9(5-7-10)12(15)16/h9-10H,2-8H2,1H3,(H,13,14)(H,15,16). The number of carboxylic acids is 1. The second kappa shape index (κ2) is 7.27. The van der Waals surface area contributed by atoms with Crippen LogP contribution >= 0.6 is 0 Å². The van der Waals surface area contributed by atoms with Gasteiger partial charge in [-0.05, 0) is 32.1 Å². The first-order valence-corrected chi connectivity index (χ1v) is 6.18. The normalized spacial score (nSPS) is 24.3. The molecule has 0 aliphatic heterocycles. The van der Waals surface area contributed by atoms with Crippen LogP contribution in [0.1, 0.15) is 38.5 Å². The summed E-state index contributed by atoms with van der Waals surface area (Å²) in [6.45, 7) is 0.579. The highest BCUT2D eigenvalue weighted by molar-refractivity contribution is 5.75. The van der Waals surface area contributed by atoms with Gasteiger partial charge in [0.15, 0.2) is 0 Å². The van der Waals surface area contributed by atoms with Gasteiger partial charge in [-0.25, -0.2) is 0 Å². The Kier molecular flexibility index (Phi) is 5.97. The fraction of sp³-hybridized carbons (Fsp3) is 0.833. The third-order valence-corrected chi connectivity index (χ3v) is 3.20. The zero-order valence-corrected chi connectivity index (χ0v) is 10.3. The maximum Gasteiger partial charge on any atom is 0.306 e. The summed E-state index contributed by atoms with van der Waals surface area (Å²) in [6.07, 6.45) is 4.42. The van der Waals surface area contributed by atoms with E-state index in [1.165, 1.54) is 0 Å². The lowest BCUT2D eigenvalue weighted by Crippen LogP contribution is -2.26. The van der Waals surface area contributed by atoms with Crippen molar-refractivity contribution in [2.75, 3.05) is 13.7 Å². The number of carbonyl (C=O) groups is 2. The van der Waals surface area contributed by atoms with E-state index >= 15 is 0 Å². The van der Waals surface area contributed by atoms with Crippen molar-refractivity contribution >= 4 is 11.9 Å². The van der Waals surface area contributed by atoms with Crippen molar-refractivity contribution in [2.45, 2.75) is 44.6 Å². The molecule has 0 radical (unpaired) electrons. The highest BCUT2D eigenvalue weighted by atomic mass is 16.5. The summed E-state index contributed by atoms with van der Waals surface area (Å²) in [5.74, 6) is -0.855. The summed E-state index contributed by atoms with van der Waals surface area (Å²) in [6, 6.07) is 0. The van der Waals surface area contributed by atoms with Gasteiger partial charge in [-0.3, -0.25) is 9.59 Å². The summed E-state index contributed by atoms with van der Waals surface area (Å²) >= 11 is 0. The Bertz CT molecular complexity index is 259. The number of hydrogen-bond donors (Lipinski definition) is 2. The van der Waals surface area contributed by atoms with Crippen LogP contribution in [0.2, 0.25) is 0 Å². The molecule has 17 heavy (non-hydrogen) atoms. The number of carbonyl (C=O) groups excluding carboxylic acids is 1. The number of amides is 1. The van der Waals surface area contributed by atoms with Gasteiger partial charge in [0.1, 0.15) is 0 Å². The maximum absolute atomic E-state index is 10.9. The lowest BCUT2D eigenvalue weighted by atomic mass is 9.87. The minimum Gasteiger partial charge on any atom is -0.481 e. The highest BCUT2D eigenvalue weighted by Crippen LogP contribution is 2.26. The number of nitrogens with one attached hydrogen (secondary N) is 1. The molecular weight excluding hydrogens is 222 g/mol. The molecule has 1 aliphatic carbocycles. The van der Waals surface area contributed by atoms with Gasteiger partial charge in [0.25, 0.3) is 0 Å². The van der Waals surface area contributed by atoms with Crippen molar-refractivity contribution < 1.29 is 19.4 Å². The van der Waals surface area contributed by atoms with Crippen LogP contribution in [0.3, 0.4) is 0 Å². The molecule has 0 unspecified atom stereocenters. The second-order valence-corrected chi connectivity index (χ2v) is 4.46. The molecule has 0 saturated heterocycles. The van der Waals surface area contributed by atoms with E-state index < -0.39 is 5.97 Å². The van der Waals surface area contributed by atoms with Gasteiger partial charge >= 0.3 is 5.97 Å². The molecule has 0 atom stereocenters. The quantitative estimate of drug-likeness (QED) is 0.687. The summed E-state index contributed by atoms with van der Waals surface area (Å²) in [4.78, 5) is 21.7. The minimum atomic E-state index is -0.692. The molecule has 2 N–H and O–H groups in total. The van der Waals surface area contributed by atoms with Crippen molar-refractivity contribution in [3.8, 4) is 0 Å². The Labute approximate surface area is 102 Å². The fourth-order valence-electron chi connectivity index (χ4n) is 2.08. The van der Waals surface area contributed by atoms with E-state index in [4.69, 9.17) is 9.84 Å². The van der Waals surface area contributed by atoms with E-state index in [0.29, 0.717) is 25.9 Å². The fourth-order valence-corrected chi connectivity index (χ4v) is 2.08. The average Bonchev–Trinajstić information content (AvgIpc) is 2.34. The van der Waals surface area contributed by atoms with Crippen LogP contribution in [0.4, 0.5) is 0 Å². The predicted molar refractivity (Wildman–Crippen MR) is 62.6 cm³/mol. The Balaban J connectivity index is 2.06. The molecule has 0 bridgehead atoms. The van der Waals surface area contributed by atoms with Crippen molar-refractivity contribution in [1.82, 2.24) is 5.32 Å². The zero-order chi connectivity index (χ0) is 12.7. The van der Waals surface area contributed by atoms with Crippen molar-refractivity contribution in [2.24, 2.45) is 5.92 Å². The van der Waals surface area contributed by atoms with E-state index in [0.717, 1.165) is 19.3 Å². The van der Waals surface area contributed by atoms with Crippen LogP contribution in [-0.4, -0.2) is 36.7 Å². The molecule has 1 saturated carbocycles. The largest absolute Gasteiger partial charge is 0.481 e. The Hall–Kier alpha value is -1.10. The monoisotopic (exact) mass is 243 g/mol. The minimum absolute atomic E-state index is 0.0307. The van der Waals surface area contributed by atoms with Gasteiger partial charge in [0, 0.05) is 20.1 Å². The van der Waals surface area contributed by atoms with Gasteiger partial charge in [-0.2, -0.15) is 0 Å². The summed E-state index contributed by atoms with van der Waals surface area (Å²) < 4.78 is 5.63. The molecular formula is C12H21NO4. The number of aliphatic carboxylic acids is 1. The SMILES string of the molecule is CNC(=O)CCCOC1CCC(C(=O)O)CC1. The van der Waals surface area contributed by atoms with Gasteiger partial charge < -0.3 is 15.2 Å². The number of carboxylic acid groups (broad SMARTS) is 1. The topological polar surface area (TPSA) is 75.6 Å². The molecule has 1 fully saturated rings. The molecule has 5 heteroatoms. The molecule has 0 aromatic carbocycles. The lowest BCUT2D eigenvalue weighted by Gasteiger charge is -2.26. The third kappa shape index (κ3) is 5.17. The third-order valence-electron chi connectivity index (χ3n) is 3.20. The molecule has 1 amide bonds. The first kappa shape index (κ1) is 14.0. The number of rotatable bonds is 6. The lowest BCUT2D eigenvalue weighted by molar-refractivity contribution is -0.143. The molecule has 98 valence electrons. The first-order chi connectivity index (χ1) is 8.13. The molecule has 0 spiro atoms. The number of ether oxygens (including phenoxy) is 1.